The average Bonchev–Trinajstić information content (AvgIpc) is 3.29. The normalized spacial score (nSPS) is 13.9. The molecule has 0 spiro atoms. The van der Waals surface area contributed by atoms with Crippen molar-refractivity contribution < 1.29 is 4.79 Å². The highest BCUT2D eigenvalue weighted by Crippen LogP contribution is 2.27. The highest BCUT2D eigenvalue weighted by Gasteiger charge is 2.32. The van der Waals surface area contributed by atoms with Gasteiger partial charge in [-0.3, -0.25) is 4.79 Å². The molecule has 3 nitrogen and oxygen atoms in total. The minimum Gasteiger partial charge on any atom is -0.326 e. The van der Waals surface area contributed by atoms with E-state index in [1.54, 1.807) is 4.90 Å². The first-order chi connectivity index (χ1) is 9.78. The number of carbonyl (C=O) groups is 1. The van der Waals surface area contributed by atoms with Gasteiger partial charge in [0.05, 0.1) is 12.5 Å². The number of nitrogens with zero attached hydrogens (tertiary/aromatic N) is 2. The second-order valence-electron chi connectivity index (χ2n) is 5.27. The molecule has 0 unspecified atom stereocenters. The first kappa shape index (κ1) is 12.7. The molecule has 3 rings (SSSR count). The van der Waals surface area contributed by atoms with E-state index >= 15 is 0 Å². The smallest absolute Gasteiger partial charge is 0.228 e. The second kappa shape index (κ2) is 5.34. The monoisotopic (exact) mass is 264 g/mol. The minimum absolute atomic E-state index is 0.0596. The predicted molar refractivity (Wildman–Crippen MR) is 78.0 cm³/mol. The van der Waals surface area contributed by atoms with Gasteiger partial charge in [0.15, 0.2) is 0 Å². The Labute approximate surface area is 118 Å². The molecule has 0 aromatic heterocycles. The maximum absolute atomic E-state index is 12.3. The molecule has 0 atom stereocenters. The fourth-order valence-corrected chi connectivity index (χ4v) is 2.51. The molecule has 1 aliphatic rings. The van der Waals surface area contributed by atoms with Crippen LogP contribution in [-0.2, 0) is 11.2 Å². The number of nitriles is 1. The molecule has 0 bridgehead atoms. The van der Waals surface area contributed by atoms with Gasteiger partial charge in [0.1, 0.15) is 6.54 Å². The molecule has 100 valence electrons. The molecule has 3 heteroatoms. The van der Waals surface area contributed by atoms with Gasteiger partial charge in [-0.2, -0.15) is 5.26 Å². The van der Waals surface area contributed by atoms with Crippen molar-refractivity contribution in [1.82, 2.24) is 4.90 Å². The molecule has 2 aromatic carbocycles. The zero-order valence-electron chi connectivity index (χ0n) is 11.2. The van der Waals surface area contributed by atoms with E-state index in [0.717, 1.165) is 23.8 Å². The van der Waals surface area contributed by atoms with Crippen molar-refractivity contribution in [3.8, 4) is 6.07 Å². The van der Waals surface area contributed by atoms with E-state index in [2.05, 4.69) is 24.3 Å². The summed E-state index contributed by atoms with van der Waals surface area (Å²) in [5.41, 5.74) is 1.01. The summed E-state index contributed by atoms with van der Waals surface area (Å²) in [4.78, 5) is 14.0. The number of amides is 1. The average molecular weight is 264 g/mol. The van der Waals surface area contributed by atoms with Crippen molar-refractivity contribution in [3.05, 3.63) is 48.0 Å². The van der Waals surface area contributed by atoms with Crippen LogP contribution in [0.15, 0.2) is 42.5 Å². The number of hydrogen-bond acceptors (Lipinski definition) is 2. The summed E-state index contributed by atoms with van der Waals surface area (Å²) in [6, 6.07) is 16.6. The van der Waals surface area contributed by atoms with Crippen LogP contribution < -0.4 is 0 Å². The fraction of sp³-hybridized carbons (Fsp3) is 0.294. The summed E-state index contributed by atoms with van der Waals surface area (Å²) in [7, 11) is 0. The van der Waals surface area contributed by atoms with E-state index in [1.807, 2.05) is 24.3 Å². The van der Waals surface area contributed by atoms with Crippen LogP contribution in [-0.4, -0.2) is 23.4 Å². The van der Waals surface area contributed by atoms with Crippen LogP contribution in [0.2, 0.25) is 0 Å². The largest absolute Gasteiger partial charge is 0.326 e. The molecule has 1 amide bonds. The van der Waals surface area contributed by atoms with Crippen LogP contribution in [0.5, 0.6) is 0 Å². The molecule has 1 saturated carbocycles. The number of carbonyl (C=O) groups excluding carboxylic acids is 1. The van der Waals surface area contributed by atoms with E-state index in [4.69, 9.17) is 5.26 Å². The summed E-state index contributed by atoms with van der Waals surface area (Å²) in [5.74, 6) is 0.0596. The molecule has 0 radical (unpaired) electrons. The van der Waals surface area contributed by atoms with Crippen molar-refractivity contribution in [1.29, 1.82) is 5.26 Å². The number of hydrogen-bond donors (Lipinski definition) is 0. The van der Waals surface area contributed by atoms with E-state index in [1.165, 1.54) is 5.39 Å². The van der Waals surface area contributed by atoms with Crippen LogP contribution in [0.3, 0.4) is 0 Å². The zero-order valence-corrected chi connectivity index (χ0v) is 11.2. The molecule has 2 aromatic rings. The lowest BCUT2D eigenvalue weighted by atomic mass is 10.0. The quantitative estimate of drug-likeness (QED) is 0.797. The summed E-state index contributed by atoms with van der Waals surface area (Å²) < 4.78 is 0. The van der Waals surface area contributed by atoms with Crippen molar-refractivity contribution >= 4 is 16.7 Å². The Morgan fingerprint density at radius 2 is 1.95 bits per heavy atom. The molecular formula is C17H16N2O. The van der Waals surface area contributed by atoms with E-state index in [-0.39, 0.29) is 12.5 Å². The van der Waals surface area contributed by atoms with Gasteiger partial charge in [-0.25, -0.2) is 0 Å². The van der Waals surface area contributed by atoms with Gasteiger partial charge in [0.2, 0.25) is 5.91 Å². The Bertz CT molecular complexity index is 683. The van der Waals surface area contributed by atoms with Crippen LogP contribution >= 0.6 is 0 Å². The first-order valence-corrected chi connectivity index (χ1v) is 6.92. The fourth-order valence-electron chi connectivity index (χ4n) is 2.51. The Kier molecular flexibility index (Phi) is 3.39. The second-order valence-corrected chi connectivity index (χ2v) is 5.27. The summed E-state index contributed by atoms with van der Waals surface area (Å²) in [6.45, 7) is 0.205. The minimum atomic E-state index is 0.0596. The van der Waals surface area contributed by atoms with Crippen LogP contribution in [0.1, 0.15) is 18.4 Å². The van der Waals surface area contributed by atoms with Crippen LogP contribution in [0.4, 0.5) is 0 Å². The van der Waals surface area contributed by atoms with E-state index in [9.17, 15) is 4.79 Å². The topological polar surface area (TPSA) is 44.1 Å². The number of benzene rings is 2. The Morgan fingerprint density at radius 1 is 1.20 bits per heavy atom. The van der Waals surface area contributed by atoms with Gasteiger partial charge in [-0.1, -0.05) is 42.5 Å². The summed E-state index contributed by atoms with van der Waals surface area (Å²) in [6.07, 6.45) is 2.44. The van der Waals surface area contributed by atoms with Crippen LogP contribution in [0, 0.1) is 11.3 Å². The third-order valence-electron chi connectivity index (χ3n) is 3.72. The number of rotatable bonds is 4. The third kappa shape index (κ3) is 2.65. The molecule has 1 aliphatic carbocycles. The maximum atomic E-state index is 12.3. The first-order valence-electron chi connectivity index (χ1n) is 6.92. The van der Waals surface area contributed by atoms with Crippen molar-refractivity contribution in [2.45, 2.75) is 25.3 Å². The highest BCUT2D eigenvalue weighted by atomic mass is 16.2. The van der Waals surface area contributed by atoms with Gasteiger partial charge in [-0.05, 0) is 29.2 Å². The molecule has 0 heterocycles. The molecular weight excluding hydrogens is 248 g/mol. The van der Waals surface area contributed by atoms with Crippen molar-refractivity contribution in [2.75, 3.05) is 6.54 Å². The zero-order chi connectivity index (χ0) is 13.9. The van der Waals surface area contributed by atoms with Crippen molar-refractivity contribution in [2.24, 2.45) is 0 Å². The molecule has 0 saturated heterocycles. The van der Waals surface area contributed by atoms with E-state index < -0.39 is 0 Å². The molecule has 0 aliphatic heterocycles. The van der Waals surface area contributed by atoms with Gasteiger partial charge in [0.25, 0.3) is 0 Å². The lowest BCUT2D eigenvalue weighted by Crippen LogP contribution is -2.34. The Hall–Kier alpha value is -2.34. The SMILES string of the molecule is N#CCN(C(=O)Cc1ccc2ccccc2c1)C1CC1. The van der Waals surface area contributed by atoms with Gasteiger partial charge >= 0.3 is 0 Å². The van der Waals surface area contributed by atoms with Gasteiger partial charge in [-0.15, -0.1) is 0 Å². The molecule has 0 N–H and O–H groups in total. The van der Waals surface area contributed by atoms with E-state index in [0.29, 0.717) is 12.5 Å². The van der Waals surface area contributed by atoms with Gasteiger partial charge in [0, 0.05) is 6.04 Å². The Balaban J connectivity index is 1.78. The highest BCUT2D eigenvalue weighted by molar-refractivity contribution is 5.85. The Morgan fingerprint density at radius 3 is 2.65 bits per heavy atom. The van der Waals surface area contributed by atoms with Gasteiger partial charge < -0.3 is 4.90 Å². The number of fused-ring (bicyclic) bond motifs is 1. The predicted octanol–water partition coefficient (Wildman–Crippen LogP) is 2.90. The summed E-state index contributed by atoms with van der Waals surface area (Å²) >= 11 is 0. The summed E-state index contributed by atoms with van der Waals surface area (Å²) in [5, 5.41) is 11.2. The lowest BCUT2D eigenvalue weighted by molar-refractivity contribution is -0.130. The third-order valence-corrected chi connectivity index (χ3v) is 3.72. The van der Waals surface area contributed by atoms with Crippen molar-refractivity contribution in [3.63, 3.8) is 0 Å². The maximum Gasteiger partial charge on any atom is 0.228 e. The standard InChI is InChI=1S/C17H16N2O/c18-9-10-19(16-7-8-16)17(20)12-13-5-6-14-3-1-2-4-15(14)11-13/h1-6,11,16H,7-8,10,12H2. The molecule has 20 heavy (non-hydrogen) atoms. The molecule has 1 fully saturated rings. The lowest BCUT2D eigenvalue weighted by Gasteiger charge is -2.19. The van der Waals surface area contributed by atoms with Crippen LogP contribution in [0.25, 0.3) is 10.8 Å².